The number of benzene rings is 1. The fourth-order valence-corrected chi connectivity index (χ4v) is 4.38. The largest absolute Gasteiger partial charge is 0.325 e. The summed E-state index contributed by atoms with van der Waals surface area (Å²) in [5.74, 6) is -0.142. The molecule has 2 heterocycles. The average molecular weight is 427 g/mol. The molecule has 1 saturated heterocycles. The molecule has 1 atom stereocenters. The van der Waals surface area contributed by atoms with Crippen LogP contribution in [0.3, 0.4) is 0 Å². The van der Waals surface area contributed by atoms with Crippen molar-refractivity contribution in [3.8, 4) is 0 Å². The SMILES string of the molecule is CC(=O)N(C)c1nc(CN2CCCC2C(=O)Nc2cc(Cl)cc(Cl)c2)cs1. The van der Waals surface area contributed by atoms with Gasteiger partial charge in [-0.3, -0.25) is 19.4 Å². The Morgan fingerprint density at radius 1 is 1.33 bits per heavy atom. The summed E-state index contributed by atoms with van der Waals surface area (Å²) in [6.45, 7) is 2.89. The molecule has 1 aromatic heterocycles. The first-order chi connectivity index (χ1) is 12.8. The minimum Gasteiger partial charge on any atom is -0.325 e. The summed E-state index contributed by atoms with van der Waals surface area (Å²) in [5.41, 5.74) is 1.44. The Kier molecular flexibility index (Phi) is 6.37. The molecule has 3 rings (SSSR count). The number of likely N-dealkylation sites (tertiary alicyclic amines) is 1. The van der Waals surface area contributed by atoms with Crippen molar-refractivity contribution in [2.24, 2.45) is 0 Å². The monoisotopic (exact) mass is 426 g/mol. The second kappa shape index (κ2) is 8.56. The lowest BCUT2D eigenvalue weighted by Gasteiger charge is -2.23. The molecule has 0 bridgehead atoms. The summed E-state index contributed by atoms with van der Waals surface area (Å²) in [6, 6.07) is 4.74. The number of carbonyl (C=O) groups excluding carboxylic acids is 2. The molecule has 6 nitrogen and oxygen atoms in total. The van der Waals surface area contributed by atoms with Crippen LogP contribution >= 0.6 is 34.5 Å². The van der Waals surface area contributed by atoms with Crippen LogP contribution < -0.4 is 10.2 Å². The fraction of sp³-hybridized carbons (Fsp3) is 0.389. The standard InChI is InChI=1S/C18H20Cl2N4O2S/c1-11(25)23(2)18-22-15(10-27-18)9-24-5-3-4-16(24)17(26)21-14-7-12(19)6-13(20)8-14/h6-8,10,16H,3-5,9H2,1-2H3,(H,21,26). The summed E-state index contributed by atoms with van der Waals surface area (Å²) in [4.78, 5) is 32.3. The highest BCUT2D eigenvalue weighted by molar-refractivity contribution is 7.14. The first-order valence-electron chi connectivity index (χ1n) is 8.53. The Labute approximate surface area is 172 Å². The van der Waals surface area contributed by atoms with E-state index >= 15 is 0 Å². The van der Waals surface area contributed by atoms with Crippen molar-refractivity contribution in [2.45, 2.75) is 32.4 Å². The molecule has 1 fully saturated rings. The summed E-state index contributed by atoms with van der Waals surface area (Å²) < 4.78 is 0. The van der Waals surface area contributed by atoms with Gasteiger partial charge in [0.05, 0.1) is 11.7 Å². The van der Waals surface area contributed by atoms with Gasteiger partial charge in [0.25, 0.3) is 0 Å². The molecule has 1 N–H and O–H groups in total. The number of rotatable bonds is 5. The van der Waals surface area contributed by atoms with Crippen LogP contribution in [0.4, 0.5) is 10.8 Å². The Hall–Kier alpha value is -1.67. The summed E-state index contributed by atoms with van der Waals surface area (Å²) in [7, 11) is 1.70. The lowest BCUT2D eigenvalue weighted by atomic mass is 10.2. The number of nitrogens with zero attached hydrogens (tertiary/aromatic N) is 3. The van der Waals surface area contributed by atoms with Gasteiger partial charge >= 0.3 is 0 Å². The molecular weight excluding hydrogens is 407 g/mol. The van der Waals surface area contributed by atoms with Crippen molar-refractivity contribution in [3.05, 3.63) is 39.3 Å². The normalized spacial score (nSPS) is 17.1. The van der Waals surface area contributed by atoms with Crippen LogP contribution in [-0.2, 0) is 16.1 Å². The minimum atomic E-state index is -0.238. The van der Waals surface area contributed by atoms with Crippen LogP contribution in [0.2, 0.25) is 10.0 Å². The third kappa shape index (κ3) is 4.99. The maximum absolute atomic E-state index is 12.7. The molecule has 0 aliphatic carbocycles. The number of thiazole rings is 1. The number of halogens is 2. The minimum absolute atomic E-state index is 0.0606. The number of carbonyl (C=O) groups is 2. The fourth-order valence-electron chi connectivity index (χ4n) is 3.03. The van der Waals surface area contributed by atoms with Gasteiger partial charge in [-0.25, -0.2) is 4.98 Å². The van der Waals surface area contributed by atoms with E-state index in [-0.39, 0.29) is 17.9 Å². The van der Waals surface area contributed by atoms with Crippen molar-refractivity contribution in [3.63, 3.8) is 0 Å². The number of aromatic nitrogens is 1. The van der Waals surface area contributed by atoms with E-state index in [1.807, 2.05) is 5.38 Å². The summed E-state index contributed by atoms with van der Waals surface area (Å²) in [6.07, 6.45) is 1.73. The highest BCUT2D eigenvalue weighted by Gasteiger charge is 2.31. The number of amides is 2. The first-order valence-corrected chi connectivity index (χ1v) is 10.2. The molecule has 1 aromatic carbocycles. The zero-order chi connectivity index (χ0) is 19.6. The average Bonchev–Trinajstić information content (AvgIpc) is 3.23. The molecule has 2 amide bonds. The van der Waals surface area contributed by atoms with E-state index < -0.39 is 0 Å². The van der Waals surface area contributed by atoms with E-state index in [0.717, 1.165) is 25.1 Å². The van der Waals surface area contributed by atoms with Gasteiger partial charge in [0.2, 0.25) is 11.8 Å². The van der Waals surface area contributed by atoms with Crippen molar-refractivity contribution >= 4 is 57.2 Å². The van der Waals surface area contributed by atoms with Crippen molar-refractivity contribution in [1.82, 2.24) is 9.88 Å². The molecule has 144 valence electrons. The van der Waals surface area contributed by atoms with Gasteiger partial charge in [0, 0.05) is 41.6 Å². The summed E-state index contributed by atoms with van der Waals surface area (Å²) >= 11 is 13.4. The van der Waals surface area contributed by atoms with Crippen LogP contribution in [0.15, 0.2) is 23.6 Å². The predicted octanol–water partition coefficient (Wildman–Crippen LogP) is 4.04. The van der Waals surface area contributed by atoms with Gasteiger partial charge in [0.15, 0.2) is 5.13 Å². The molecule has 1 unspecified atom stereocenters. The van der Waals surface area contributed by atoms with Crippen LogP contribution in [0.25, 0.3) is 0 Å². The third-order valence-electron chi connectivity index (χ3n) is 4.46. The van der Waals surface area contributed by atoms with Crippen LogP contribution in [-0.4, -0.2) is 41.3 Å². The predicted molar refractivity (Wildman–Crippen MR) is 110 cm³/mol. The molecule has 0 spiro atoms. The van der Waals surface area contributed by atoms with Crippen molar-refractivity contribution < 1.29 is 9.59 Å². The van der Waals surface area contributed by atoms with Crippen molar-refractivity contribution in [1.29, 1.82) is 0 Å². The Morgan fingerprint density at radius 3 is 2.70 bits per heavy atom. The van der Waals surface area contributed by atoms with Gasteiger partial charge in [-0.1, -0.05) is 23.2 Å². The molecule has 1 aliphatic rings. The third-order valence-corrected chi connectivity index (χ3v) is 5.86. The van der Waals surface area contributed by atoms with Crippen LogP contribution in [0.5, 0.6) is 0 Å². The quantitative estimate of drug-likeness (QED) is 0.783. The lowest BCUT2D eigenvalue weighted by molar-refractivity contribution is -0.120. The molecular formula is C18H20Cl2N4O2S. The highest BCUT2D eigenvalue weighted by atomic mass is 35.5. The van der Waals surface area contributed by atoms with Gasteiger partial charge in [-0.15, -0.1) is 11.3 Å². The van der Waals surface area contributed by atoms with Gasteiger partial charge in [0.1, 0.15) is 0 Å². The maximum atomic E-state index is 12.7. The van der Waals surface area contributed by atoms with E-state index in [4.69, 9.17) is 23.2 Å². The van der Waals surface area contributed by atoms with Gasteiger partial charge in [-0.05, 0) is 37.6 Å². The smallest absolute Gasteiger partial charge is 0.241 e. The van der Waals surface area contributed by atoms with E-state index in [1.165, 1.54) is 23.2 Å². The second-order valence-corrected chi connectivity index (χ2v) is 8.18. The van der Waals surface area contributed by atoms with E-state index in [9.17, 15) is 9.59 Å². The number of hydrogen-bond acceptors (Lipinski definition) is 5. The zero-order valence-electron chi connectivity index (χ0n) is 15.0. The highest BCUT2D eigenvalue weighted by Crippen LogP contribution is 2.26. The first kappa shape index (κ1) is 20.1. The molecule has 2 aromatic rings. The van der Waals surface area contributed by atoms with Gasteiger partial charge < -0.3 is 5.32 Å². The lowest BCUT2D eigenvalue weighted by Crippen LogP contribution is -2.39. The van der Waals surface area contributed by atoms with Crippen LogP contribution in [0.1, 0.15) is 25.5 Å². The summed E-state index contributed by atoms with van der Waals surface area (Å²) in [5, 5.41) is 6.44. The van der Waals surface area contributed by atoms with E-state index in [1.54, 1.807) is 25.2 Å². The molecule has 1 aliphatic heterocycles. The molecule has 0 saturated carbocycles. The van der Waals surface area contributed by atoms with Crippen LogP contribution in [0, 0.1) is 0 Å². The number of nitrogens with one attached hydrogen (secondary N) is 1. The van der Waals surface area contributed by atoms with E-state index in [0.29, 0.717) is 27.4 Å². The zero-order valence-corrected chi connectivity index (χ0v) is 17.4. The van der Waals surface area contributed by atoms with E-state index in [2.05, 4.69) is 15.2 Å². The molecule has 0 radical (unpaired) electrons. The second-order valence-electron chi connectivity index (χ2n) is 6.48. The number of anilines is 2. The molecule has 27 heavy (non-hydrogen) atoms. The number of hydrogen-bond donors (Lipinski definition) is 1. The Bertz CT molecular complexity index is 837. The van der Waals surface area contributed by atoms with Gasteiger partial charge in [-0.2, -0.15) is 0 Å². The Balaban J connectivity index is 1.66. The topological polar surface area (TPSA) is 65.5 Å². The Morgan fingerprint density at radius 2 is 2.04 bits per heavy atom. The maximum Gasteiger partial charge on any atom is 0.241 e. The molecule has 9 heteroatoms. The van der Waals surface area contributed by atoms with Crippen molar-refractivity contribution in [2.75, 3.05) is 23.8 Å².